The summed E-state index contributed by atoms with van der Waals surface area (Å²) in [4.78, 5) is 10.4. The Balaban J connectivity index is 1.89. The Morgan fingerprint density at radius 1 is 1.40 bits per heavy atom. The highest BCUT2D eigenvalue weighted by Crippen LogP contribution is 2.25. The van der Waals surface area contributed by atoms with Crippen molar-refractivity contribution in [2.75, 3.05) is 18.8 Å². The second-order valence-corrected chi connectivity index (χ2v) is 7.65. The Bertz CT molecular complexity index is 450. The Morgan fingerprint density at radius 2 is 2.25 bits per heavy atom. The lowest BCUT2D eigenvalue weighted by Gasteiger charge is -2.14. The Morgan fingerprint density at radius 3 is 2.85 bits per heavy atom. The largest absolute Gasteiger partial charge is 0.357 e. The Kier molecular flexibility index (Phi) is 6.16. The summed E-state index contributed by atoms with van der Waals surface area (Å²) in [5, 5.41) is 8.64. The van der Waals surface area contributed by atoms with Crippen molar-refractivity contribution in [1.82, 2.24) is 15.6 Å². The first kappa shape index (κ1) is 15.6. The predicted molar refractivity (Wildman–Crippen MR) is 89.9 cm³/mol. The zero-order valence-electron chi connectivity index (χ0n) is 12.5. The van der Waals surface area contributed by atoms with Crippen LogP contribution in [0.2, 0.25) is 0 Å². The lowest BCUT2D eigenvalue weighted by atomic mass is 10.2. The summed E-state index contributed by atoms with van der Waals surface area (Å²) in [6.07, 6.45) is 2.67. The normalized spacial score (nSPS) is 19.4. The molecule has 0 aromatic carbocycles. The van der Waals surface area contributed by atoms with Gasteiger partial charge in [0.25, 0.3) is 0 Å². The van der Waals surface area contributed by atoms with E-state index in [1.54, 1.807) is 11.3 Å². The lowest BCUT2D eigenvalue weighted by Crippen LogP contribution is -2.40. The molecule has 0 spiro atoms. The molecule has 2 heterocycles. The molecule has 4 nitrogen and oxygen atoms in total. The molecule has 1 saturated heterocycles. The summed E-state index contributed by atoms with van der Waals surface area (Å²) in [7, 11) is 0. The molecule has 2 rings (SSSR count). The van der Waals surface area contributed by atoms with Crippen LogP contribution in [-0.2, 0) is 6.54 Å². The van der Waals surface area contributed by atoms with Crippen LogP contribution in [0.25, 0.3) is 0 Å². The van der Waals surface area contributed by atoms with Gasteiger partial charge in [0.15, 0.2) is 5.96 Å². The van der Waals surface area contributed by atoms with Gasteiger partial charge in [0, 0.05) is 23.2 Å². The standard InChI is InChI=1S/C14H24N4S2/c1-4-15-14(16-8-12-6-5-7-19-12)17-9-13-10(2)18-11(3)20-13/h12H,4-9H2,1-3H3,(H2,15,16,17). The van der Waals surface area contributed by atoms with Gasteiger partial charge in [-0.2, -0.15) is 11.8 Å². The minimum absolute atomic E-state index is 0.713. The topological polar surface area (TPSA) is 49.3 Å². The highest BCUT2D eigenvalue weighted by Gasteiger charge is 2.15. The second kappa shape index (κ2) is 7.88. The van der Waals surface area contributed by atoms with E-state index in [2.05, 4.69) is 46.2 Å². The van der Waals surface area contributed by atoms with E-state index in [0.29, 0.717) is 6.54 Å². The fraction of sp³-hybridized carbons (Fsp3) is 0.714. The highest BCUT2D eigenvalue weighted by atomic mass is 32.2. The average molecular weight is 313 g/mol. The quantitative estimate of drug-likeness (QED) is 0.648. The van der Waals surface area contributed by atoms with Gasteiger partial charge in [-0.15, -0.1) is 11.3 Å². The molecule has 6 heteroatoms. The van der Waals surface area contributed by atoms with Crippen molar-refractivity contribution in [1.29, 1.82) is 0 Å². The van der Waals surface area contributed by atoms with Gasteiger partial charge in [-0.25, -0.2) is 9.98 Å². The summed E-state index contributed by atoms with van der Waals surface area (Å²) in [5.74, 6) is 2.23. The molecule has 1 aliphatic heterocycles. The van der Waals surface area contributed by atoms with E-state index in [-0.39, 0.29) is 0 Å². The van der Waals surface area contributed by atoms with E-state index in [0.717, 1.165) is 35.0 Å². The minimum atomic E-state index is 0.713. The maximum Gasteiger partial charge on any atom is 0.191 e. The molecule has 1 fully saturated rings. The van der Waals surface area contributed by atoms with E-state index < -0.39 is 0 Å². The minimum Gasteiger partial charge on any atom is -0.357 e. The fourth-order valence-corrected chi connectivity index (χ4v) is 4.29. The zero-order chi connectivity index (χ0) is 14.4. The van der Waals surface area contributed by atoms with Gasteiger partial charge in [-0.05, 0) is 39.4 Å². The second-order valence-electron chi connectivity index (χ2n) is 4.95. The molecular formula is C14H24N4S2. The van der Waals surface area contributed by atoms with Gasteiger partial charge in [-0.3, -0.25) is 0 Å². The molecule has 1 aromatic rings. The van der Waals surface area contributed by atoms with Crippen molar-refractivity contribution in [3.05, 3.63) is 15.6 Å². The molecule has 1 atom stereocenters. The maximum atomic E-state index is 4.67. The summed E-state index contributed by atoms with van der Waals surface area (Å²) < 4.78 is 0. The number of nitrogens with one attached hydrogen (secondary N) is 2. The van der Waals surface area contributed by atoms with Crippen molar-refractivity contribution in [2.24, 2.45) is 4.99 Å². The lowest BCUT2D eigenvalue weighted by molar-refractivity contribution is 0.727. The van der Waals surface area contributed by atoms with Gasteiger partial charge >= 0.3 is 0 Å². The van der Waals surface area contributed by atoms with Crippen LogP contribution < -0.4 is 10.6 Å². The van der Waals surface area contributed by atoms with Crippen LogP contribution in [0.1, 0.15) is 35.3 Å². The predicted octanol–water partition coefficient (Wildman–Crippen LogP) is 2.71. The number of thioether (sulfide) groups is 1. The van der Waals surface area contributed by atoms with Crippen LogP contribution in [0, 0.1) is 13.8 Å². The van der Waals surface area contributed by atoms with Gasteiger partial charge in [0.2, 0.25) is 0 Å². The highest BCUT2D eigenvalue weighted by molar-refractivity contribution is 8.00. The van der Waals surface area contributed by atoms with Crippen LogP contribution >= 0.6 is 23.1 Å². The van der Waals surface area contributed by atoms with E-state index in [4.69, 9.17) is 0 Å². The van der Waals surface area contributed by atoms with Crippen LogP contribution in [0.15, 0.2) is 4.99 Å². The number of guanidine groups is 1. The SMILES string of the molecule is CCNC(=NCc1sc(C)nc1C)NCC1CCCS1. The smallest absolute Gasteiger partial charge is 0.191 e. The third-order valence-corrected chi connectivity index (χ3v) is 5.70. The van der Waals surface area contributed by atoms with E-state index in [1.807, 2.05) is 6.92 Å². The number of aryl methyl sites for hydroxylation is 2. The molecule has 20 heavy (non-hydrogen) atoms. The van der Waals surface area contributed by atoms with E-state index >= 15 is 0 Å². The van der Waals surface area contributed by atoms with E-state index in [9.17, 15) is 0 Å². The number of aromatic nitrogens is 1. The molecule has 0 saturated carbocycles. The molecule has 112 valence electrons. The molecular weight excluding hydrogens is 288 g/mol. The van der Waals surface area contributed by atoms with Crippen molar-refractivity contribution in [3.63, 3.8) is 0 Å². The molecule has 1 unspecified atom stereocenters. The molecule has 1 aromatic heterocycles. The molecule has 0 aliphatic carbocycles. The summed E-state index contributed by atoms with van der Waals surface area (Å²) in [6, 6.07) is 0. The van der Waals surface area contributed by atoms with Crippen molar-refractivity contribution in [2.45, 2.75) is 45.4 Å². The van der Waals surface area contributed by atoms with Crippen molar-refractivity contribution < 1.29 is 0 Å². The van der Waals surface area contributed by atoms with Gasteiger partial charge < -0.3 is 10.6 Å². The van der Waals surface area contributed by atoms with Crippen LogP contribution in [0.3, 0.4) is 0 Å². The maximum absolute atomic E-state index is 4.67. The van der Waals surface area contributed by atoms with Gasteiger partial charge in [0.1, 0.15) is 0 Å². The number of hydrogen-bond donors (Lipinski definition) is 2. The Hall–Kier alpha value is -0.750. The van der Waals surface area contributed by atoms with Gasteiger partial charge in [0.05, 0.1) is 17.2 Å². The monoisotopic (exact) mass is 312 g/mol. The molecule has 0 bridgehead atoms. The molecule has 0 amide bonds. The zero-order valence-corrected chi connectivity index (χ0v) is 14.2. The van der Waals surface area contributed by atoms with Crippen LogP contribution in [0.4, 0.5) is 0 Å². The number of hydrogen-bond acceptors (Lipinski definition) is 4. The molecule has 1 aliphatic rings. The third kappa shape index (κ3) is 4.66. The van der Waals surface area contributed by atoms with Crippen LogP contribution in [0.5, 0.6) is 0 Å². The average Bonchev–Trinajstić information content (AvgIpc) is 3.03. The fourth-order valence-electron chi connectivity index (χ4n) is 2.23. The number of thiazole rings is 1. The van der Waals surface area contributed by atoms with Gasteiger partial charge in [-0.1, -0.05) is 0 Å². The summed E-state index contributed by atoms with van der Waals surface area (Å²) >= 11 is 3.81. The molecule has 0 radical (unpaired) electrons. The van der Waals surface area contributed by atoms with Crippen molar-refractivity contribution >= 4 is 29.1 Å². The van der Waals surface area contributed by atoms with E-state index in [1.165, 1.54) is 23.5 Å². The number of nitrogens with zero attached hydrogens (tertiary/aromatic N) is 2. The number of aliphatic imine (C=N–C) groups is 1. The third-order valence-electron chi connectivity index (χ3n) is 3.25. The first-order valence-electron chi connectivity index (χ1n) is 7.25. The van der Waals surface area contributed by atoms with Crippen LogP contribution in [-0.4, -0.2) is 35.0 Å². The summed E-state index contributed by atoms with van der Waals surface area (Å²) in [5.41, 5.74) is 1.11. The molecule has 2 N–H and O–H groups in total. The first-order chi connectivity index (χ1) is 9.69. The Labute approximate surface area is 129 Å². The number of rotatable bonds is 5. The summed E-state index contributed by atoms with van der Waals surface area (Å²) in [6.45, 7) is 8.82. The first-order valence-corrected chi connectivity index (χ1v) is 9.12. The van der Waals surface area contributed by atoms with Crippen molar-refractivity contribution in [3.8, 4) is 0 Å².